The van der Waals surface area contributed by atoms with Crippen molar-refractivity contribution < 1.29 is 9.84 Å². The van der Waals surface area contributed by atoms with Gasteiger partial charge in [0, 0.05) is 18.6 Å². The Labute approximate surface area is 104 Å². The van der Waals surface area contributed by atoms with Gasteiger partial charge in [-0.2, -0.15) is 5.26 Å². The van der Waals surface area contributed by atoms with Crippen molar-refractivity contribution in [3.63, 3.8) is 0 Å². The van der Waals surface area contributed by atoms with Crippen LogP contribution >= 0.6 is 11.8 Å². The lowest BCUT2D eigenvalue weighted by Crippen LogP contribution is -2.07. The predicted molar refractivity (Wildman–Crippen MR) is 67.3 cm³/mol. The maximum absolute atomic E-state index is 8.96. The standard InChI is InChI=1S/C12H12N2O2S/c13-7-10-3-2-9(12-14-8-17-12)6-11(10)16-5-1-4-15/h2-3,6,15H,1,4-5,8H2. The van der Waals surface area contributed by atoms with Crippen molar-refractivity contribution in [2.75, 3.05) is 19.1 Å². The molecule has 4 nitrogen and oxygen atoms in total. The average molecular weight is 248 g/mol. The number of benzene rings is 1. The van der Waals surface area contributed by atoms with E-state index in [1.54, 1.807) is 17.8 Å². The topological polar surface area (TPSA) is 65.6 Å². The molecule has 1 N–H and O–H groups in total. The molecular formula is C12H12N2O2S. The summed E-state index contributed by atoms with van der Waals surface area (Å²) in [6.07, 6.45) is 0.560. The highest BCUT2D eigenvalue weighted by atomic mass is 32.2. The smallest absolute Gasteiger partial charge is 0.137 e. The second-order valence-corrected chi connectivity index (χ2v) is 4.42. The number of aliphatic hydroxyl groups is 1. The average Bonchev–Trinajstić information content (AvgIpc) is 2.27. The number of ether oxygens (including phenoxy) is 1. The third-order valence-electron chi connectivity index (χ3n) is 2.32. The summed E-state index contributed by atoms with van der Waals surface area (Å²) in [5, 5.41) is 18.6. The molecule has 1 aliphatic rings. The van der Waals surface area contributed by atoms with Crippen molar-refractivity contribution in [3.05, 3.63) is 29.3 Å². The summed E-state index contributed by atoms with van der Waals surface area (Å²) in [7, 11) is 0. The molecule has 0 atom stereocenters. The Bertz CT molecular complexity index is 480. The molecule has 1 aromatic rings. The summed E-state index contributed by atoms with van der Waals surface area (Å²) in [6.45, 7) is 0.498. The molecule has 0 aliphatic carbocycles. The zero-order chi connectivity index (χ0) is 12.1. The molecule has 0 fully saturated rings. The zero-order valence-corrected chi connectivity index (χ0v) is 10.0. The quantitative estimate of drug-likeness (QED) is 0.806. The van der Waals surface area contributed by atoms with E-state index in [1.165, 1.54) is 0 Å². The van der Waals surface area contributed by atoms with Crippen LogP contribution in [-0.4, -0.2) is 29.2 Å². The van der Waals surface area contributed by atoms with Gasteiger partial charge in [0.05, 0.1) is 18.0 Å². The summed E-state index contributed by atoms with van der Waals surface area (Å²) in [5.74, 6) is 1.37. The number of hydrogen-bond donors (Lipinski definition) is 1. The number of aliphatic hydroxyl groups excluding tert-OH is 1. The predicted octanol–water partition coefficient (Wildman–Crippen LogP) is 1.77. The van der Waals surface area contributed by atoms with Gasteiger partial charge < -0.3 is 9.84 Å². The number of aliphatic imine (C=N–C) groups is 1. The fourth-order valence-electron chi connectivity index (χ4n) is 1.42. The summed E-state index contributed by atoms with van der Waals surface area (Å²) in [4.78, 5) is 4.23. The molecule has 2 rings (SSSR count). The van der Waals surface area contributed by atoms with E-state index in [9.17, 15) is 0 Å². The minimum atomic E-state index is 0.0874. The van der Waals surface area contributed by atoms with Crippen LogP contribution in [0.5, 0.6) is 5.75 Å². The van der Waals surface area contributed by atoms with Crippen molar-refractivity contribution >= 4 is 16.8 Å². The normalized spacial score (nSPS) is 13.5. The largest absolute Gasteiger partial charge is 0.492 e. The number of rotatable bonds is 5. The molecular weight excluding hydrogens is 236 g/mol. The molecule has 1 aromatic carbocycles. The lowest BCUT2D eigenvalue weighted by Gasteiger charge is -2.14. The van der Waals surface area contributed by atoms with Gasteiger partial charge in [-0.15, -0.1) is 0 Å². The van der Waals surface area contributed by atoms with Crippen molar-refractivity contribution in [1.29, 1.82) is 5.26 Å². The fraction of sp³-hybridized carbons (Fsp3) is 0.333. The molecule has 0 spiro atoms. The van der Waals surface area contributed by atoms with Gasteiger partial charge in [-0.1, -0.05) is 17.8 Å². The highest BCUT2D eigenvalue weighted by Gasteiger charge is 2.13. The highest BCUT2D eigenvalue weighted by molar-refractivity contribution is 8.15. The molecule has 0 radical (unpaired) electrons. The highest BCUT2D eigenvalue weighted by Crippen LogP contribution is 2.27. The Morgan fingerprint density at radius 1 is 1.53 bits per heavy atom. The summed E-state index contributed by atoms with van der Waals surface area (Å²) < 4.78 is 5.48. The fourth-order valence-corrected chi connectivity index (χ4v) is 1.97. The van der Waals surface area contributed by atoms with E-state index >= 15 is 0 Å². The SMILES string of the molecule is N#Cc1ccc(C2=NCS2)cc1OCCCO. The summed E-state index contributed by atoms with van der Waals surface area (Å²) in [5.41, 5.74) is 1.50. The van der Waals surface area contributed by atoms with Gasteiger partial charge in [0.25, 0.3) is 0 Å². The van der Waals surface area contributed by atoms with Gasteiger partial charge >= 0.3 is 0 Å². The molecule has 0 bridgehead atoms. The van der Waals surface area contributed by atoms with Crippen molar-refractivity contribution in [1.82, 2.24) is 0 Å². The van der Waals surface area contributed by atoms with Gasteiger partial charge in [-0.25, -0.2) is 0 Å². The maximum atomic E-state index is 8.96. The molecule has 0 unspecified atom stereocenters. The first-order chi connectivity index (χ1) is 8.35. The molecule has 0 aromatic heterocycles. The van der Waals surface area contributed by atoms with Gasteiger partial charge in [0.2, 0.25) is 0 Å². The van der Waals surface area contributed by atoms with Gasteiger partial charge in [-0.3, -0.25) is 4.99 Å². The van der Waals surface area contributed by atoms with Gasteiger partial charge in [-0.05, 0) is 12.1 Å². The van der Waals surface area contributed by atoms with E-state index in [-0.39, 0.29) is 6.61 Å². The molecule has 1 aliphatic heterocycles. The molecule has 0 amide bonds. The van der Waals surface area contributed by atoms with E-state index in [2.05, 4.69) is 11.1 Å². The summed E-state index contributed by atoms with van der Waals surface area (Å²) >= 11 is 1.68. The lowest BCUT2D eigenvalue weighted by atomic mass is 10.1. The van der Waals surface area contributed by atoms with Crippen LogP contribution in [0, 0.1) is 11.3 Å². The molecule has 1 heterocycles. The number of thioether (sulfide) groups is 1. The zero-order valence-electron chi connectivity index (χ0n) is 9.22. The van der Waals surface area contributed by atoms with Crippen LogP contribution in [-0.2, 0) is 0 Å². The molecule has 0 saturated carbocycles. The second kappa shape index (κ2) is 5.71. The third-order valence-corrected chi connectivity index (χ3v) is 3.21. The third kappa shape index (κ3) is 2.78. The molecule has 88 valence electrons. The Hall–Kier alpha value is -1.51. The maximum Gasteiger partial charge on any atom is 0.137 e. The van der Waals surface area contributed by atoms with E-state index in [1.807, 2.05) is 12.1 Å². The Morgan fingerprint density at radius 3 is 2.94 bits per heavy atom. The number of nitriles is 1. The Kier molecular flexibility index (Phi) is 4.02. The van der Waals surface area contributed by atoms with Crippen LogP contribution in [0.4, 0.5) is 0 Å². The Morgan fingerprint density at radius 2 is 2.35 bits per heavy atom. The molecule has 17 heavy (non-hydrogen) atoms. The first-order valence-electron chi connectivity index (χ1n) is 5.30. The monoisotopic (exact) mass is 248 g/mol. The first kappa shape index (κ1) is 12.0. The Balaban J connectivity index is 2.18. The minimum Gasteiger partial charge on any atom is -0.492 e. The van der Waals surface area contributed by atoms with E-state index < -0.39 is 0 Å². The molecule has 5 heteroatoms. The van der Waals surface area contributed by atoms with Crippen molar-refractivity contribution in [3.8, 4) is 11.8 Å². The number of nitrogens with zero attached hydrogens (tertiary/aromatic N) is 2. The van der Waals surface area contributed by atoms with Crippen molar-refractivity contribution in [2.24, 2.45) is 4.99 Å². The first-order valence-corrected chi connectivity index (χ1v) is 6.29. The van der Waals surface area contributed by atoms with Gasteiger partial charge in [0.1, 0.15) is 16.9 Å². The van der Waals surface area contributed by atoms with E-state index in [0.29, 0.717) is 24.3 Å². The second-order valence-electron chi connectivity index (χ2n) is 3.49. The van der Waals surface area contributed by atoms with Crippen LogP contribution in [0.3, 0.4) is 0 Å². The lowest BCUT2D eigenvalue weighted by molar-refractivity contribution is 0.233. The van der Waals surface area contributed by atoms with E-state index in [0.717, 1.165) is 16.5 Å². The molecule has 0 saturated heterocycles. The number of hydrogen-bond acceptors (Lipinski definition) is 5. The van der Waals surface area contributed by atoms with Gasteiger partial charge in [0.15, 0.2) is 0 Å². The van der Waals surface area contributed by atoms with Crippen LogP contribution in [0.15, 0.2) is 23.2 Å². The minimum absolute atomic E-state index is 0.0874. The van der Waals surface area contributed by atoms with Crippen molar-refractivity contribution in [2.45, 2.75) is 6.42 Å². The van der Waals surface area contributed by atoms with Crippen LogP contribution < -0.4 is 4.74 Å². The van der Waals surface area contributed by atoms with Crippen LogP contribution in [0.1, 0.15) is 17.5 Å². The van der Waals surface area contributed by atoms with Crippen LogP contribution in [0.25, 0.3) is 0 Å². The van der Waals surface area contributed by atoms with Crippen LogP contribution in [0.2, 0.25) is 0 Å². The summed E-state index contributed by atoms with van der Waals surface area (Å²) in [6, 6.07) is 7.54. The van der Waals surface area contributed by atoms with E-state index in [4.69, 9.17) is 15.1 Å².